The van der Waals surface area contributed by atoms with Gasteiger partial charge < -0.3 is 18.9 Å². The zero-order valence-corrected chi connectivity index (χ0v) is 15.0. The average molecular weight is 378 g/mol. The molecular formula is C20H20F2O5. The first-order chi connectivity index (χ1) is 13.0. The lowest BCUT2D eigenvalue weighted by Gasteiger charge is -2.11. The van der Waals surface area contributed by atoms with Gasteiger partial charge >= 0.3 is 12.6 Å². The van der Waals surface area contributed by atoms with E-state index < -0.39 is 12.6 Å². The first-order valence-corrected chi connectivity index (χ1v) is 8.21. The molecule has 0 spiro atoms. The van der Waals surface area contributed by atoms with Crippen molar-refractivity contribution in [2.24, 2.45) is 0 Å². The lowest BCUT2D eigenvalue weighted by molar-refractivity contribution is -0.138. The van der Waals surface area contributed by atoms with Crippen molar-refractivity contribution in [3.05, 3.63) is 59.7 Å². The molecule has 5 nitrogen and oxygen atoms in total. The third-order valence-electron chi connectivity index (χ3n) is 3.43. The van der Waals surface area contributed by atoms with Crippen LogP contribution in [-0.4, -0.2) is 26.3 Å². The third kappa shape index (κ3) is 6.62. The van der Waals surface area contributed by atoms with Gasteiger partial charge in [-0.25, -0.2) is 4.79 Å². The van der Waals surface area contributed by atoms with Gasteiger partial charge in [-0.1, -0.05) is 18.2 Å². The van der Waals surface area contributed by atoms with Crippen LogP contribution in [0.5, 0.6) is 17.2 Å². The van der Waals surface area contributed by atoms with E-state index in [9.17, 15) is 13.6 Å². The van der Waals surface area contributed by atoms with Crippen LogP contribution in [0.2, 0.25) is 0 Å². The van der Waals surface area contributed by atoms with Crippen LogP contribution >= 0.6 is 0 Å². The highest BCUT2D eigenvalue weighted by Crippen LogP contribution is 2.29. The molecule has 0 unspecified atom stereocenters. The first-order valence-electron chi connectivity index (χ1n) is 8.21. The van der Waals surface area contributed by atoms with Crippen molar-refractivity contribution in [3.8, 4) is 17.2 Å². The Morgan fingerprint density at radius 1 is 1.11 bits per heavy atom. The molecule has 2 aromatic carbocycles. The number of benzene rings is 2. The molecule has 0 N–H and O–H groups in total. The molecule has 0 aliphatic heterocycles. The fourth-order valence-corrected chi connectivity index (χ4v) is 2.20. The van der Waals surface area contributed by atoms with Crippen LogP contribution < -0.4 is 14.2 Å². The van der Waals surface area contributed by atoms with E-state index in [1.807, 2.05) is 31.2 Å². The molecule has 0 radical (unpaired) electrons. The zero-order valence-electron chi connectivity index (χ0n) is 15.0. The molecule has 0 fully saturated rings. The SMILES string of the molecule is CCOc1ccc(/C=C/C(=O)OCc2ccc(OC(F)F)c(OC)c2)cc1. The molecule has 144 valence electrons. The second-order valence-corrected chi connectivity index (χ2v) is 5.31. The van der Waals surface area contributed by atoms with Crippen LogP contribution in [0.1, 0.15) is 18.1 Å². The Kier molecular flexibility index (Phi) is 7.61. The van der Waals surface area contributed by atoms with E-state index in [0.717, 1.165) is 11.3 Å². The maximum atomic E-state index is 12.3. The average Bonchev–Trinajstić information content (AvgIpc) is 2.66. The lowest BCUT2D eigenvalue weighted by atomic mass is 10.2. The van der Waals surface area contributed by atoms with E-state index >= 15 is 0 Å². The van der Waals surface area contributed by atoms with E-state index in [-0.39, 0.29) is 18.1 Å². The molecule has 0 aliphatic carbocycles. The smallest absolute Gasteiger partial charge is 0.387 e. The molecular weight excluding hydrogens is 358 g/mol. The lowest BCUT2D eigenvalue weighted by Crippen LogP contribution is -2.05. The highest BCUT2D eigenvalue weighted by atomic mass is 19.3. The van der Waals surface area contributed by atoms with Gasteiger partial charge in [-0.15, -0.1) is 0 Å². The summed E-state index contributed by atoms with van der Waals surface area (Å²) in [6.45, 7) is -0.492. The van der Waals surface area contributed by atoms with Gasteiger partial charge in [-0.3, -0.25) is 0 Å². The summed E-state index contributed by atoms with van der Waals surface area (Å²) >= 11 is 0. The molecule has 0 bridgehead atoms. The number of alkyl halides is 2. The number of rotatable bonds is 9. The van der Waals surface area contributed by atoms with Gasteiger partial charge in [0.1, 0.15) is 12.4 Å². The molecule has 0 saturated heterocycles. The Morgan fingerprint density at radius 3 is 2.48 bits per heavy atom. The van der Waals surface area contributed by atoms with E-state index in [2.05, 4.69) is 4.74 Å². The monoisotopic (exact) mass is 378 g/mol. The molecule has 0 aromatic heterocycles. The number of hydrogen-bond donors (Lipinski definition) is 0. The maximum Gasteiger partial charge on any atom is 0.387 e. The number of esters is 1. The molecule has 0 heterocycles. The predicted octanol–water partition coefficient (Wildman–Crippen LogP) is 4.45. The van der Waals surface area contributed by atoms with Crippen molar-refractivity contribution in [1.82, 2.24) is 0 Å². The minimum Gasteiger partial charge on any atom is -0.494 e. The standard InChI is InChI=1S/C20H20F2O5/c1-3-25-16-8-4-14(5-9-16)7-11-19(23)26-13-15-6-10-17(27-20(21)22)18(12-15)24-2/h4-12,20H,3,13H2,1-2H3/b11-7+. The quantitative estimate of drug-likeness (QED) is 0.477. The Balaban J connectivity index is 1.90. The van der Waals surface area contributed by atoms with Gasteiger partial charge in [0, 0.05) is 6.08 Å². The highest BCUT2D eigenvalue weighted by molar-refractivity contribution is 5.87. The van der Waals surface area contributed by atoms with Crippen LogP contribution in [0.4, 0.5) is 8.78 Å². The van der Waals surface area contributed by atoms with Crippen LogP contribution in [0, 0.1) is 0 Å². The van der Waals surface area contributed by atoms with Gasteiger partial charge in [0.05, 0.1) is 13.7 Å². The first kappa shape index (κ1) is 20.2. The Labute approximate surface area is 156 Å². The van der Waals surface area contributed by atoms with Crippen molar-refractivity contribution in [3.63, 3.8) is 0 Å². The minimum absolute atomic E-state index is 0.0300. The highest BCUT2D eigenvalue weighted by Gasteiger charge is 2.11. The summed E-state index contributed by atoms with van der Waals surface area (Å²) in [6, 6.07) is 11.6. The summed E-state index contributed by atoms with van der Waals surface area (Å²) in [7, 11) is 1.34. The summed E-state index contributed by atoms with van der Waals surface area (Å²) in [6.07, 6.45) is 2.93. The summed E-state index contributed by atoms with van der Waals surface area (Å²) < 4.78 is 44.5. The Hall–Kier alpha value is -3.09. The maximum absolute atomic E-state index is 12.3. The van der Waals surface area contributed by atoms with Gasteiger partial charge in [-0.05, 0) is 48.4 Å². The van der Waals surface area contributed by atoms with E-state index in [1.165, 1.54) is 31.4 Å². The molecule has 2 rings (SSSR count). The minimum atomic E-state index is -2.95. The summed E-state index contributed by atoms with van der Waals surface area (Å²) in [5, 5.41) is 0. The largest absolute Gasteiger partial charge is 0.494 e. The number of methoxy groups -OCH3 is 1. The van der Waals surface area contributed by atoms with Crippen LogP contribution in [0.3, 0.4) is 0 Å². The summed E-state index contributed by atoms with van der Waals surface area (Å²) in [4.78, 5) is 11.8. The molecule has 0 saturated carbocycles. The van der Waals surface area contributed by atoms with Gasteiger partial charge in [0.15, 0.2) is 11.5 Å². The number of carbonyl (C=O) groups is 1. The van der Waals surface area contributed by atoms with Crippen molar-refractivity contribution in [2.45, 2.75) is 20.1 Å². The van der Waals surface area contributed by atoms with Crippen molar-refractivity contribution in [2.75, 3.05) is 13.7 Å². The van der Waals surface area contributed by atoms with Crippen LogP contribution in [0.15, 0.2) is 48.5 Å². The van der Waals surface area contributed by atoms with E-state index in [4.69, 9.17) is 14.2 Å². The Morgan fingerprint density at radius 2 is 1.85 bits per heavy atom. The predicted molar refractivity (Wildman–Crippen MR) is 96.1 cm³/mol. The fraction of sp³-hybridized carbons (Fsp3) is 0.250. The second-order valence-electron chi connectivity index (χ2n) is 5.31. The molecule has 2 aromatic rings. The number of ether oxygens (including phenoxy) is 4. The molecule has 27 heavy (non-hydrogen) atoms. The second kappa shape index (κ2) is 10.2. The van der Waals surface area contributed by atoms with Gasteiger partial charge in [0.25, 0.3) is 0 Å². The summed E-state index contributed by atoms with van der Waals surface area (Å²) in [5.74, 6) is 0.271. The van der Waals surface area contributed by atoms with Crippen LogP contribution in [0.25, 0.3) is 6.08 Å². The van der Waals surface area contributed by atoms with E-state index in [0.29, 0.717) is 12.2 Å². The molecule has 7 heteroatoms. The third-order valence-corrected chi connectivity index (χ3v) is 3.43. The number of carbonyl (C=O) groups excluding carboxylic acids is 1. The Bertz CT molecular complexity index is 772. The zero-order chi connectivity index (χ0) is 19.6. The molecule has 0 amide bonds. The van der Waals surface area contributed by atoms with Gasteiger partial charge in [0.2, 0.25) is 0 Å². The fourth-order valence-electron chi connectivity index (χ4n) is 2.20. The normalized spacial score (nSPS) is 10.9. The number of hydrogen-bond acceptors (Lipinski definition) is 5. The number of halogens is 2. The van der Waals surface area contributed by atoms with Crippen molar-refractivity contribution < 1.29 is 32.5 Å². The van der Waals surface area contributed by atoms with Crippen molar-refractivity contribution in [1.29, 1.82) is 0 Å². The molecule has 0 aliphatic rings. The molecule has 0 atom stereocenters. The topological polar surface area (TPSA) is 54.0 Å². The van der Waals surface area contributed by atoms with Crippen molar-refractivity contribution >= 4 is 12.0 Å². The van der Waals surface area contributed by atoms with Gasteiger partial charge in [-0.2, -0.15) is 8.78 Å². The van der Waals surface area contributed by atoms with E-state index in [1.54, 1.807) is 6.08 Å². The van der Waals surface area contributed by atoms with Crippen LogP contribution in [-0.2, 0) is 16.1 Å². The summed E-state index contributed by atoms with van der Waals surface area (Å²) in [5.41, 5.74) is 1.40.